The van der Waals surface area contributed by atoms with Gasteiger partial charge in [0.05, 0.1) is 0 Å². The molecule has 1 amide bonds. The van der Waals surface area contributed by atoms with E-state index in [0.717, 1.165) is 12.0 Å². The summed E-state index contributed by atoms with van der Waals surface area (Å²) in [7, 11) is 0. The van der Waals surface area contributed by atoms with E-state index in [4.69, 9.17) is 11.6 Å². The Morgan fingerprint density at radius 3 is 2.75 bits per heavy atom. The number of carbonyl (C=O) groups is 1. The molecule has 2 rings (SSSR count). The van der Waals surface area contributed by atoms with Crippen molar-refractivity contribution in [2.45, 2.75) is 32.1 Å². The van der Waals surface area contributed by atoms with E-state index < -0.39 is 0 Å². The Balaban J connectivity index is 1.79. The van der Waals surface area contributed by atoms with Gasteiger partial charge in [0, 0.05) is 6.54 Å². The number of allylic oxidation sites excluding steroid dienone is 1. The van der Waals surface area contributed by atoms with Crippen molar-refractivity contribution in [1.82, 2.24) is 5.32 Å². The van der Waals surface area contributed by atoms with Gasteiger partial charge in [-0.2, -0.15) is 0 Å². The summed E-state index contributed by atoms with van der Waals surface area (Å²) < 4.78 is 0. The molecular formula is C17H20ClNO. The van der Waals surface area contributed by atoms with Crippen LogP contribution in [-0.4, -0.2) is 12.5 Å². The van der Waals surface area contributed by atoms with Crippen molar-refractivity contribution in [3.8, 4) is 0 Å². The maximum atomic E-state index is 11.9. The predicted octanol–water partition coefficient (Wildman–Crippen LogP) is 4.27. The number of nitrogens with one attached hydrogen (secondary N) is 1. The Labute approximate surface area is 125 Å². The summed E-state index contributed by atoms with van der Waals surface area (Å²) in [6.07, 6.45) is 9.84. The van der Waals surface area contributed by atoms with E-state index in [1.807, 2.05) is 30.3 Å². The number of benzene rings is 1. The second-order valence-corrected chi connectivity index (χ2v) is 5.42. The van der Waals surface area contributed by atoms with Crippen molar-refractivity contribution in [2.24, 2.45) is 0 Å². The molecule has 0 saturated carbocycles. The number of amides is 1. The normalized spacial score (nSPS) is 15.7. The van der Waals surface area contributed by atoms with Gasteiger partial charge in [0.25, 0.3) is 5.91 Å². The second-order valence-electron chi connectivity index (χ2n) is 5.02. The van der Waals surface area contributed by atoms with Crippen LogP contribution >= 0.6 is 11.6 Å². The first kappa shape index (κ1) is 14.9. The van der Waals surface area contributed by atoms with Gasteiger partial charge in [-0.25, -0.2) is 0 Å². The number of rotatable bonds is 5. The molecule has 0 aliphatic heterocycles. The van der Waals surface area contributed by atoms with Gasteiger partial charge in [0.1, 0.15) is 5.03 Å². The highest BCUT2D eigenvalue weighted by atomic mass is 35.5. The van der Waals surface area contributed by atoms with E-state index in [1.165, 1.54) is 31.3 Å². The minimum Gasteiger partial charge on any atom is -0.351 e. The van der Waals surface area contributed by atoms with Gasteiger partial charge in [-0.3, -0.25) is 4.79 Å². The van der Waals surface area contributed by atoms with Crippen LogP contribution in [0.5, 0.6) is 0 Å². The van der Waals surface area contributed by atoms with Crippen molar-refractivity contribution in [1.29, 1.82) is 0 Å². The molecule has 0 aromatic heterocycles. The first-order valence-electron chi connectivity index (χ1n) is 7.14. The maximum Gasteiger partial charge on any atom is 0.262 e. The third kappa shape index (κ3) is 4.86. The van der Waals surface area contributed by atoms with E-state index in [2.05, 4.69) is 11.4 Å². The Bertz CT molecular complexity index is 505. The smallest absolute Gasteiger partial charge is 0.262 e. The summed E-state index contributed by atoms with van der Waals surface area (Å²) >= 11 is 6.02. The van der Waals surface area contributed by atoms with Crippen LogP contribution in [0.1, 0.15) is 37.7 Å². The zero-order valence-corrected chi connectivity index (χ0v) is 12.3. The molecule has 3 heteroatoms. The molecule has 1 N–H and O–H groups in total. The molecule has 0 heterocycles. The van der Waals surface area contributed by atoms with Crippen LogP contribution in [0.2, 0.25) is 0 Å². The number of halogens is 1. The SMILES string of the molecule is O=C(NCCC1=CCCCC1)/C(Cl)=C/c1ccccc1. The van der Waals surface area contributed by atoms with Crippen LogP contribution in [0.25, 0.3) is 6.08 Å². The van der Waals surface area contributed by atoms with Gasteiger partial charge >= 0.3 is 0 Å². The Morgan fingerprint density at radius 1 is 1.25 bits per heavy atom. The van der Waals surface area contributed by atoms with Gasteiger partial charge < -0.3 is 5.32 Å². The van der Waals surface area contributed by atoms with E-state index >= 15 is 0 Å². The summed E-state index contributed by atoms with van der Waals surface area (Å²) in [6.45, 7) is 0.656. The maximum absolute atomic E-state index is 11.9. The highest BCUT2D eigenvalue weighted by Crippen LogP contribution is 2.19. The van der Waals surface area contributed by atoms with Crippen molar-refractivity contribution in [2.75, 3.05) is 6.54 Å². The average molecular weight is 290 g/mol. The van der Waals surface area contributed by atoms with Gasteiger partial charge in [-0.1, -0.05) is 53.6 Å². The molecule has 106 valence electrons. The summed E-state index contributed by atoms with van der Waals surface area (Å²) in [5, 5.41) is 3.10. The number of carbonyl (C=O) groups excluding carboxylic acids is 1. The summed E-state index contributed by atoms with van der Waals surface area (Å²) in [6, 6.07) is 9.61. The molecular weight excluding hydrogens is 270 g/mol. The zero-order chi connectivity index (χ0) is 14.2. The second kappa shape index (κ2) is 7.91. The van der Waals surface area contributed by atoms with Crippen LogP contribution in [-0.2, 0) is 4.79 Å². The molecule has 0 unspecified atom stereocenters. The monoisotopic (exact) mass is 289 g/mol. The molecule has 1 aliphatic rings. The average Bonchev–Trinajstić information content (AvgIpc) is 2.49. The van der Waals surface area contributed by atoms with E-state index in [9.17, 15) is 4.79 Å². The Hall–Kier alpha value is -1.54. The minimum absolute atomic E-state index is 0.202. The van der Waals surface area contributed by atoms with Crippen molar-refractivity contribution in [3.63, 3.8) is 0 Å². The number of hydrogen-bond donors (Lipinski definition) is 1. The molecule has 0 atom stereocenters. The van der Waals surface area contributed by atoms with Gasteiger partial charge in [0.2, 0.25) is 0 Å². The first-order valence-corrected chi connectivity index (χ1v) is 7.52. The Kier molecular flexibility index (Phi) is 5.87. The fraction of sp³-hybridized carbons (Fsp3) is 0.353. The molecule has 0 fully saturated rings. The minimum atomic E-state index is -0.202. The van der Waals surface area contributed by atoms with Crippen molar-refractivity contribution in [3.05, 3.63) is 52.6 Å². The van der Waals surface area contributed by atoms with Crippen LogP contribution in [0.3, 0.4) is 0 Å². The Morgan fingerprint density at radius 2 is 2.05 bits per heavy atom. The molecule has 0 radical (unpaired) electrons. The van der Waals surface area contributed by atoms with Crippen molar-refractivity contribution < 1.29 is 4.79 Å². The van der Waals surface area contributed by atoms with Crippen LogP contribution in [0.4, 0.5) is 0 Å². The highest BCUT2D eigenvalue weighted by Gasteiger charge is 2.07. The van der Waals surface area contributed by atoms with Crippen LogP contribution < -0.4 is 5.32 Å². The third-order valence-corrected chi connectivity index (χ3v) is 3.71. The van der Waals surface area contributed by atoms with Crippen LogP contribution in [0, 0.1) is 0 Å². The fourth-order valence-electron chi connectivity index (χ4n) is 2.31. The zero-order valence-electron chi connectivity index (χ0n) is 11.6. The van der Waals surface area contributed by atoms with Crippen LogP contribution in [0.15, 0.2) is 47.0 Å². The summed E-state index contributed by atoms with van der Waals surface area (Å²) in [5.41, 5.74) is 2.39. The molecule has 0 saturated heterocycles. The molecule has 0 spiro atoms. The fourth-order valence-corrected chi connectivity index (χ4v) is 2.51. The van der Waals surface area contributed by atoms with E-state index in [-0.39, 0.29) is 10.9 Å². The lowest BCUT2D eigenvalue weighted by atomic mass is 9.97. The highest BCUT2D eigenvalue weighted by molar-refractivity contribution is 6.44. The molecule has 20 heavy (non-hydrogen) atoms. The molecule has 1 aromatic rings. The lowest BCUT2D eigenvalue weighted by Crippen LogP contribution is -2.24. The largest absolute Gasteiger partial charge is 0.351 e. The van der Waals surface area contributed by atoms with Gasteiger partial charge in [-0.05, 0) is 43.7 Å². The van der Waals surface area contributed by atoms with Gasteiger partial charge in [0.15, 0.2) is 0 Å². The molecule has 0 bridgehead atoms. The standard InChI is InChI=1S/C17H20ClNO/c18-16(13-15-9-5-2-6-10-15)17(20)19-12-11-14-7-3-1-4-8-14/h2,5-7,9-10,13H,1,3-4,8,11-12H2,(H,19,20)/b16-13-. The first-order chi connectivity index (χ1) is 9.75. The topological polar surface area (TPSA) is 29.1 Å². The van der Waals surface area contributed by atoms with Crippen molar-refractivity contribution >= 4 is 23.6 Å². The molecule has 1 aromatic carbocycles. The molecule has 1 aliphatic carbocycles. The predicted molar refractivity (Wildman–Crippen MR) is 84.4 cm³/mol. The van der Waals surface area contributed by atoms with E-state index in [1.54, 1.807) is 6.08 Å². The quantitative estimate of drug-likeness (QED) is 0.636. The lowest BCUT2D eigenvalue weighted by molar-refractivity contribution is -0.116. The summed E-state index contributed by atoms with van der Waals surface area (Å²) in [5.74, 6) is -0.202. The molecule has 2 nitrogen and oxygen atoms in total. The number of hydrogen-bond acceptors (Lipinski definition) is 1. The van der Waals surface area contributed by atoms with E-state index in [0.29, 0.717) is 6.54 Å². The third-order valence-electron chi connectivity index (χ3n) is 3.43. The van der Waals surface area contributed by atoms with Gasteiger partial charge in [-0.15, -0.1) is 0 Å². The lowest BCUT2D eigenvalue weighted by Gasteiger charge is -2.12. The summed E-state index contributed by atoms with van der Waals surface area (Å²) in [4.78, 5) is 11.9.